The number of benzene rings is 2. The van der Waals surface area contributed by atoms with Gasteiger partial charge >= 0.3 is 0 Å². The Morgan fingerprint density at radius 2 is 1.81 bits per heavy atom. The first-order chi connectivity index (χ1) is 9.95. The molecule has 0 saturated heterocycles. The molecule has 0 fully saturated rings. The molecule has 0 radical (unpaired) electrons. The van der Waals surface area contributed by atoms with E-state index in [1.165, 1.54) is 5.56 Å². The molecule has 0 spiro atoms. The van der Waals surface area contributed by atoms with Crippen molar-refractivity contribution in [3.8, 4) is 0 Å². The zero-order valence-electron chi connectivity index (χ0n) is 12.1. The minimum atomic E-state index is -0.121. The van der Waals surface area contributed by atoms with Gasteiger partial charge in [-0.3, -0.25) is 4.79 Å². The molecule has 2 rings (SSSR count). The molecule has 4 heteroatoms. The van der Waals surface area contributed by atoms with Crippen LogP contribution in [0, 0.1) is 13.8 Å². The fraction of sp³-hybridized carbons (Fsp3) is 0.176. The van der Waals surface area contributed by atoms with Gasteiger partial charge in [0, 0.05) is 17.7 Å². The second kappa shape index (κ2) is 6.50. The largest absolute Gasteiger partial charge is 0.393 e. The van der Waals surface area contributed by atoms with Crippen molar-refractivity contribution in [3.63, 3.8) is 0 Å². The molecular formula is C17H18N2OS. The number of nitrogens with two attached hydrogens (primary N) is 1. The fourth-order valence-corrected chi connectivity index (χ4v) is 2.29. The number of nitrogens with one attached hydrogen (secondary N) is 1. The molecule has 0 aliphatic carbocycles. The maximum absolute atomic E-state index is 12.2. The average molecular weight is 298 g/mol. The van der Waals surface area contributed by atoms with E-state index >= 15 is 0 Å². The molecule has 0 aromatic heterocycles. The molecule has 0 saturated carbocycles. The Balaban J connectivity index is 2.11. The van der Waals surface area contributed by atoms with E-state index in [0.717, 1.165) is 16.8 Å². The summed E-state index contributed by atoms with van der Waals surface area (Å²) in [5.41, 5.74) is 10.2. The molecule has 0 aliphatic heterocycles. The van der Waals surface area contributed by atoms with Gasteiger partial charge in [-0.25, -0.2) is 0 Å². The van der Waals surface area contributed by atoms with Gasteiger partial charge in [-0.2, -0.15) is 0 Å². The van der Waals surface area contributed by atoms with Crippen LogP contribution in [0.25, 0.3) is 0 Å². The van der Waals surface area contributed by atoms with E-state index in [0.29, 0.717) is 17.0 Å². The van der Waals surface area contributed by atoms with Crippen LogP contribution in [0.2, 0.25) is 0 Å². The normalized spacial score (nSPS) is 10.2. The van der Waals surface area contributed by atoms with Crippen molar-refractivity contribution in [1.82, 2.24) is 0 Å². The van der Waals surface area contributed by atoms with Crippen LogP contribution in [0.5, 0.6) is 0 Å². The van der Waals surface area contributed by atoms with E-state index in [4.69, 9.17) is 18.0 Å². The van der Waals surface area contributed by atoms with Crippen LogP contribution >= 0.6 is 12.2 Å². The predicted octanol–water partition coefficient (Wildman–Crippen LogP) is 3.38. The van der Waals surface area contributed by atoms with Crippen LogP contribution in [0.15, 0.2) is 42.5 Å². The summed E-state index contributed by atoms with van der Waals surface area (Å²) in [6.45, 7) is 4.01. The average Bonchev–Trinajstić information content (AvgIpc) is 2.42. The van der Waals surface area contributed by atoms with Crippen molar-refractivity contribution in [2.75, 3.05) is 5.32 Å². The van der Waals surface area contributed by atoms with Gasteiger partial charge in [0.05, 0.1) is 4.99 Å². The van der Waals surface area contributed by atoms with Crippen molar-refractivity contribution < 1.29 is 4.79 Å². The number of thiocarbonyl (C=S) groups is 1. The molecule has 0 aliphatic rings. The van der Waals surface area contributed by atoms with Crippen LogP contribution in [0.4, 0.5) is 5.69 Å². The molecule has 0 heterocycles. The van der Waals surface area contributed by atoms with E-state index in [-0.39, 0.29) is 5.91 Å². The lowest BCUT2D eigenvalue weighted by Gasteiger charge is -2.09. The molecule has 0 unspecified atom stereocenters. The highest BCUT2D eigenvalue weighted by atomic mass is 32.1. The standard InChI is InChI=1S/C17H18N2OS/c1-11-3-8-15(12(2)9-11)19-17(20)14-6-4-13(5-7-14)10-16(18)21/h3-9H,10H2,1-2H3,(H2,18,21)(H,19,20). The van der Waals surface area contributed by atoms with Crippen LogP contribution in [0.3, 0.4) is 0 Å². The zero-order valence-corrected chi connectivity index (χ0v) is 13.0. The summed E-state index contributed by atoms with van der Waals surface area (Å²) >= 11 is 4.87. The van der Waals surface area contributed by atoms with E-state index in [1.807, 2.05) is 44.2 Å². The third kappa shape index (κ3) is 4.13. The van der Waals surface area contributed by atoms with Gasteiger partial charge in [0.25, 0.3) is 5.91 Å². The first kappa shape index (κ1) is 15.2. The Kier molecular flexibility index (Phi) is 4.70. The number of hydrogen-bond acceptors (Lipinski definition) is 2. The smallest absolute Gasteiger partial charge is 0.255 e. The monoisotopic (exact) mass is 298 g/mol. The zero-order chi connectivity index (χ0) is 15.4. The Hall–Kier alpha value is -2.20. The number of rotatable bonds is 4. The van der Waals surface area contributed by atoms with E-state index in [2.05, 4.69) is 5.32 Å². The summed E-state index contributed by atoms with van der Waals surface area (Å²) in [5.74, 6) is -0.121. The van der Waals surface area contributed by atoms with E-state index in [9.17, 15) is 4.79 Å². The van der Waals surface area contributed by atoms with E-state index < -0.39 is 0 Å². The molecule has 21 heavy (non-hydrogen) atoms. The van der Waals surface area contributed by atoms with Crippen molar-refractivity contribution in [2.24, 2.45) is 5.73 Å². The fourth-order valence-electron chi connectivity index (χ4n) is 2.12. The Labute approximate surface area is 130 Å². The quantitative estimate of drug-likeness (QED) is 0.851. The maximum Gasteiger partial charge on any atom is 0.255 e. The number of aryl methyl sites for hydroxylation is 2. The second-order valence-corrected chi connectivity index (χ2v) is 5.64. The number of amides is 1. The summed E-state index contributed by atoms with van der Waals surface area (Å²) in [5, 5.41) is 2.92. The van der Waals surface area contributed by atoms with E-state index in [1.54, 1.807) is 12.1 Å². The van der Waals surface area contributed by atoms with Gasteiger partial charge in [-0.15, -0.1) is 0 Å². The van der Waals surface area contributed by atoms with Gasteiger partial charge in [0.1, 0.15) is 0 Å². The molecule has 108 valence electrons. The third-order valence-corrected chi connectivity index (χ3v) is 3.37. The van der Waals surface area contributed by atoms with Crippen molar-refractivity contribution >= 4 is 28.8 Å². The number of carbonyl (C=O) groups is 1. The number of carbonyl (C=O) groups excluding carboxylic acids is 1. The topological polar surface area (TPSA) is 55.1 Å². The van der Waals surface area contributed by atoms with Gasteiger partial charge in [0.15, 0.2) is 0 Å². The Morgan fingerprint density at radius 3 is 2.38 bits per heavy atom. The molecule has 0 bridgehead atoms. The minimum Gasteiger partial charge on any atom is -0.393 e. The molecule has 1 amide bonds. The number of anilines is 1. The molecule has 0 atom stereocenters. The lowest BCUT2D eigenvalue weighted by molar-refractivity contribution is 0.102. The highest BCUT2D eigenvalue weighted by Gasteiger charge is 2.08. The van der Waals surface area contributed by atoms with Crippen LogP contribution in [-0.4, -0.2) is 10.9 Å². The summed E-state index contributed by atoms with van der Waals surface area (Å²) in [6, 6.07) is 13.3. The molecule has 3 nitrogen and oxygen atoms in total. The van der Waals surface area contributed by atoms with Crippen LogP contribution < -0.4 is 11.1 Å². The Bertz CT molecular complexity index is 678. The third-order valence-electron chi connectivity index (χ3n) is 3.22. The van der Waals surface area contributed by atoms with Crippen LogP contribution in [0.1, 0.15) is 27.0 Å². The van der Waals surface area contributed by atoms with Gasteiger partial charge < -0.3 is 11.1 Å². The molecular weight excluding hydrogens is 280 g/mol. The maximum atomic E-state index is 12.2. The van der Waals surface area contributed by atoms with Gasteiger partial charge in [0.2, 0.25) is 0 Å². The second-order valence-electron chi connectivity index (χ2n) is 5.11. The lowest BCUT2D eigenvalue weighted by atomic mass is 10.1. The Morgan fingerprint density at radius 1 is 1.14 bits per heavy atom. The minimum absolute atomic E-state index is 0.121. The summed E-state index contributed by atoms with van der Waals surface area (Å²) in [6.07, 6.45) is 0.550. The molecule has 3 N–H and O–H groups in total. The first-order valence-corrected chi connectivity index (χ1v) is 7.12. The number of hydrogen-bond donors (Lipinski definition) is 2. The first-order valence-electron chi connectivity index (χ1n) is 6.71. The van der Waals surface area contributed by atoms with Gasteiger partial charge in [-0.05, 0) is 43.2 Å². The lowest BCUT2D eigenvalue weighted by Crippen LogP contribution is -2.14. The summed E-state index contributed by atoms with van der Waals surface area (Å²) in [4.78, 5) is 12.7. The SMILES string of the molecule is Cc1ccc(NC(=O)c2ccc(CC(N)=S)cc2)c(C)c1. The predicted molar refractivity (Wildman–Crippen MR) is 90.8 cm³/mol. The molecule has 2 aromatic rings. The summed E-state index contributed by atoms with van der Waals surface area (Å²) in [7, 11) is 0. The highest BCUT2D eigenvalue weighted by Crippen LogP contribution is 2.17. The summed E-state index contributed by atoms with van der Waals surface area (Å²) < 4.78 is 0. The highest BCUT2D eigenvalue weighted by molar-refractivity contribution is 7.80. The van der Waals surface area contributed by atoms with Gasteiger partial charge in [-0.1, -0.05) is 42.0 Å². The van der Waals surface area contributed by atoms with Crippen LogP contribution in [-0.2, 0) is 6.42 Å². The van der Waals surface area contributed by atoms with Crippen molar-refractivity contribution in [1.29, 1.82) is 0 Å². The van der Waals surface area contributed by atoms with Crippen molar-refractivity contribution in [3.05, 3.63) is 64.7 Å². The molecule has 2 aromatic carbocycles. The van der Waals surface area contributed by atoms with Crippen molar-refractivity contribution in [2.45, 2.75) is 20.3 Å².